The molecule has 0 spiro atoms. The van der Waals surface area contributed by atoms with E-state index in [9.17, 15) is 4.79 Å². The van der Waals surface area contributed by atoms with Gasteiger partial charge in [-0.05, 0) is 58.5 Å². The zero-order chi connectivity index (χ0) is 15.3. The molecule has 1 atom stereocenters. The number of carbonyl (C=O) groups is 1. The second-order valence-electron chi connectivity index (χ2n) is 6.75. The molecule has 0 amide bonds. The second kappa shape index (κ2) is 7.59. The number of carbonyl (C=O) groups excluding carboxylic acids is 1. The number of esters is 1. The molecule has 2 aliphatic rings. The number of ether oxygens (including phenoxy) is 1. The number of hydrogen-bond donors (Lipinski definition) is 1. The summed E-state index contributed by atoms with van der Waals surface area (Å²) in [4.78, 5) is 15.1. The molecule has 2 rings (SSSR count). The largest absolute Gasteiger partial charge is 0.465 e. The van der Waals surface area contributed by atoms with Gasteiger partial charge < -0.3 is 15.0 Å². The molecule has 0 radical (unpaired) electrons. The molecule has 2 aliphatic carbocycles. The molecular formula is C17H32N2O2. The lowest BCUT2D eigenvalue weighted by atomic mass is 9.91. The van der Waals surface area contributed by atoms with Gasteiger partial charge in [-0.25, -0.2) is 4.79 Å². The van der Waals surface area contributed by atoms with E-state index in [1.54, 1.807) is 0 Å². The molecule has 0 heterocycles. The minimum absolute atomic E-state index is 0.0363. The van der Waals surface area contributed by atoms with Gasteiger partial charge in [0.2, 0.25) is 0 Å². The van der Waals surface area contributed by atoms with E-state index in [0.29, 0.717) is 18.6 Å². The van der Waals surface area contributed by atoms with Crippen molar-refractivity contribution in [3.8, 4) is 0 Å². The van der Waals surface area contributed by atoms with Crippen LogP contribution >= 0.6 is 0 Å². The first-order valence-electron chi connectivity index (χ1n) is 8.76. The Morgan fingerprint density at radius 1 is 1.24 bits per heavy atom. The molecule has 0 aliphatic heterocycles. The smallest absolute Gasteiger partial charge is 0.327 e. The Bertz CT molecular complexity index is 338. The first kappa shape index (κ1) is 16.8. The zero-order valence-corrected chi connectivity index (χ0v) is 14.0. The van der Waals surface area contributed by atoms with Gasteiger partial charge in [0.25, 0.3) is 0 Å². The van der Waals surface area contributed by atoms with E-state index in [1.807, 2.05) is 6.92 Å². The summed E-state index contributed by atoms with van der Waals surface area (Å²) in [5.41, 5.74) is -0.483. The average Bonchev–Trinajstić information content (AvgIpc) is 3.18. The van der Waals surface area contributed by atoms with Crippen LogP contribution in [0.3, 0.4) is 0 Å². The van der Waals surface area contributed by atoms with E-state index in [2.05, 4.69) is 24.2 Å². The van der Waals surface area contributed by atoms with Crippen molar-refractivity contribution in [3.05, 3.63) is 0 Å². The Balaban J connectivity index is 2.10. The molecule has 1 unspecified atom stereocenters. The Hall–Kier alpha value is -0.610. The van der Waals surface area contributed by atoms with Gasteiger partial charge in [0.1, 0.15) is 5.54 Å². The van der Waals surface area contributed by atoms with Gasteiger partial charge >= 0.3 is 5.97 Å². The monoisotopic (exact) mass is 296 g/mol. The molecule has 4 heteroatoms. The maximum atomic E-state index is 12.7. The summed E-state index contributed by atoms with van der Waals surface area (Å²) < 4.78 is 5.44. The normalized spacial score (nSPS) is 22.5. The Morgan fingerprint density at radius 2 is 1.90 bits per heavy atom. The van der Waals surface area contributed by atoms with Crippen molar-refractivity contribution in [2.24, 2.45) is 5.92 Å². The van der Waals surface area contributed by atoms with Crippen molar-refractivity contribution in [2.45, 2.75) is 70.4 Å². The lowest BCUT2D eigenvalue weighted by molar-refractivity contribution is -0.153. The Morgan fingerprint density at radius 3 is 2.43 bits per heavy atom. The minimum atomic E-state index is -0.483. The highest BCUT2D eigenvalue weighted by molar-refractivity contribution is 5.82. The third-order valence-electron chi connectivity index (χ3n) is 5.05. The molecular weight excluding hydrogens is 264 g/mol. The average molecular weight is 296 g/mol. The Labute approximate surface area is 129 Å². The van der Waals surface area contributed by atoms with Crippen molar-refractivity contribution in [1.82, 2.24) is 10.2 Å². The van der Waals surface area contributed by atoms with Gasteiger partial charge in [-0.2, -0.15) is 0 Å². The van der Waals surface area contributed by atoms with Crippen LogP contribution in [0.4, 0.5) is 0 Å². The van der Waals surface area contributed by atoms with E-state index >= 15 is 0 Å². The summed E-state index contributed by atoms with van der Waals surface area (Å²) in [5.74, 6) is 0.415. The van der Waals surface area contributed by atoms with E-state index in [1.165, 1.54) is 25.7 Å². The first-order valence-corrected chi connectivity index (χ1v) is 8.76. The van der Waals surface area contributed by atoms with Crippen LogP contribution < -0.4 is 5.32 Å². The number of rotatable bonds is 9. The predicted octanol–water partition coefficient (Wildman–Crippen LogP) is 2.57. The van der Waals surface area contributed by atoms with Crippen LogP contribution in [0, 0.1) is 5.92 Å². The maximum Gasteiger partial charge on any atom is 0.327 e. The van der Waals surface area contributed by atoms with Crippen LogP contribution in [0.1, 0.15) is 58.8 Å². The molecule has 122 valence electrons. The highest BCUT2D eigenvalue weighted by Crippen LogP contribution is 2.41. The van der Waals surface area contributed by atoms with Crippen LogP contribution in [0.25, 0.3) is 0 Å². The summed E-state index contributed by atoms with van der Waals surface area (Å²) in [6, 6.07) is 0.640. The summed E-state index contributed by atoms with van der Waals surface area (Å²) in [6.45, 7) is 6.19. The Kier molecular flexibility index (Phi) is 6.06. The summed E-state index contributed by atoms with van der Waals surface area (Å²) >= 11 is 0. The van der Waals surface area contributed by atoms with Crippen LogP contribution in [-0.2, 0) is 9.53 Å². The number of likely N-dealkylation sites (N-methyl/N-ethyl adjacent to an activating group) is 1. The molecule has 0 aromatic carbocycles. The maximum absolute atomic E-state index is 12.7. The van der Waals surface area contributed by atoms with Crippen LogP contribution in [0.5, 0.6) is 0 Å². The molecule has 1 N–H and O–H groups in total. The van der Waals surface area contributed by atoms with Gasteiger partial charge in [0.05, 0.1) is 6.61 Å². The van der Waals surface area contributed by atoms with E-state index in [4.69, 9.17) is 4.74 Å². The van der Waals surface area contributed by atoms with E-state index < -0.39 is 5.54 Å². The van der Waals surface area contributed by atoms with Gasteiger partial charge in [0, 0.05) is 12.6 Å². The highest BCUT2D eigenvalue weighted by Gasteiger charge is 2.52. The number of nitrogens with zero attached hydrogens (tertiary/aromatic N) is 1. The third-order valence-corrected chi connectivity index (χ3v) is 5.05. The van der Waals surface area contributed by atoms with Crippen molar-refractivity contribution < 1.29 is 9.53 Å². The number of nitrogens with one attached hydrogen (secondary N) is 1. The SMILES string of the molecule is CCCNC(CN(C)C1CCCC1)(C(=O)OCC)C1CC1. The standard InChI is InChI=1S/C17H32N2O2/c1-4-12-18-17(14-10-11-14,16(20)21-5-2)13-19(3)15-8-6-7-9-15/h14-15,18H,4-13H2,1-3H3. The molecule has 0 saturated heterocycles. The van der Waals surface area contributed by atoms with Gasteiger partial charge in [-0.15, -0.1) is 0 Å². The van der Waals surface area contributed by atoms with Gasteiger partial charge in [0.15, 0.2) is 0 Å². The van der Waals surface area contributed by atoms with Crippen molar-refractivity contribution >= 4 is 5.97 Å². The van der Waals surface area contributed by atoms with Crippen molar-refractivity contribution in [2.75, 3.05) is 26.7 Å². The first-order chi connectivity index (χ1) is 10.1. The summed E-state index contributed by atoms with van der Waals surface area (Å²) in [5, 5.41) is 3.57. The van der Waals surface area contributed by atoms with Crippen LogP contribution in [0.15, 0.2) is 0 Å². The molecule has 0 bridgehead atoms. The molecule has 0 aromatic rings. The fraction of sp³-hybridized carbons (Fsp3) is 0.941. The van der Waals surface area contributed by atoms with Crippen molar-refractivity contribution in [3.63, 3.8) is 0 Å². The van der Waals surface area contributed by atoms with E-state index in [-0.39, 0.29) is 5.97 Å². The molecule has 4 nitrogen and oxygen atoms in total. The molecule has 21 heavy (non-hydrogen) atoms. The fourth-order valence-electron chi connectivity index (χ4n) is 3.68. The van der Waals surface area contributed by atoms with E-state index in [0.717, 1.165) is 32.4 Å². The highest BCUT2D eigenvalue weighted by atomic mass is 16.5. The lowest BCUT2D eigenvalue weighted by Gasteiger charge is -2.38. The minimum Gasteiger partial charge on any atom is -0.465 e. The fourth-order valence-corrected chi connectivity index (χ4v) is 3.68. The zero-order valence-electron chi connectivity index (χ0n) is 14.0. The predicted molar refractivity (Wildman–Crippen MR) is 85.3 cm³/mol. The second-order valence-corrected chi connectivity index (χ2v) is 6.75. The molecule has 2 saturated carbocycles. The summed E-state index contributed by atoms with van der Waals surface area (Å²) in [6.07, 6.45) is 8.53. The summed E-state index contributed by atoms with van der Waals surface area (Å²) in [7, 11) is 2.18. The quantitative estimate of drug-likeness (QED) is 0.664. The lowest BCUT2D eigenvalue weighted by Crippen LogP contribution is -2.62. The van der Waals surface area contributed by atoms with Crippen LogP contribution in [0.2, 0.25) is 0 Å². The van der Waals surface area contributed by atoms with Gasteiger partial charge in [-0.3, -0.25) is 0 Å². The molecule has 0 aromatic heterocycles. The van der Waals surface area contributed by atoms with Crippen molar-refractivity contribution in [1.29, 1.82) is 0 Å². The molecule has 2 fully saturated rings. The van der Waals surface area contributed by atoms with Gasteiger partial charge in [-0.1, -0.05) is 19.8 Å². The number of hydrogen-bond acceptors (Lipinski definition) is 4. The topological polar surface area (TPSA) is 41.6 Å². The third kappa shape index (κ3) is 3.98. The van der Waals surface area contributed by atoms with Crippen LogP contribution in [-0.4, -0.2) is 49.2 Å².